The molecule has 0 saturated heterocycles. The van der Waals surface area contributed by atoms with E-state index in [1.165, 1.54) is 0 Å². The lowest BCUT2D eigenvalue weighted by molar-refractivity contribution is 0.0951. The van der Waals surface area contributed by atoms with Crippen molar-refractivity contribution in [2.75, 3.05) is 20.8 Å². The number of nitrogens with one attached hydrogen (secondary N) is 2. The van der Waals surface area contributed by atoms with E-state index in [1.807, 2.05) is 63.5 Å². The summed E-state index contributed by atoms with van der Waals surface area (Å²) in [4.78, 5) is 16.5. The summed E-state index contributed by atoms with van der Waals surface area (Å²) in [6.45, 7) is 4.14. The summed E-state index contributed by atoms with van der Waals surface area (Å²) >= 11 is 0. The molecule has 4 rings (SSSR count). The molecule has 0 bridgehead atoms. The number of nitrogens with zero attached hydrogens (tertiary/aromatic N) is 2. The van der Waals surface area contributed by atoms with Crippen molar-refractivity contribution in [2.45, 2.75) is 19.8 Å². The SMILES string of the molecule is COc1cccc(C(CNC(=O)c2c(C)nn(C)c2C)c2c[nH]c3ccccc23)c1OC. The van der Waals surface area contributed by atoms with Crippen LogP contribution in [-0.4, -0.2) is 41.4 Å². The topological polar surface area (TPSA) is 81.2 Å². The summed E-state index contributed by atoms with van der Waals surface area (Å²) in [6.07, 6.45) is 2.00. The fourth-order valence-corrected chi connectivity index (χ4v) is 4.34. The molecule has 166 valence electrons. The van der Waals surface area contributed by atoms with Gasteiger partial charge in [-0.3, -0.25) is 9.48 Å². The van der Waals surface area contributed by atoms with Gasteiger partial charge < -0.3 is 19.8 Å². The summed E-state index contributed by atoms with van der Waals surface area (Å²) in [5, 5.41) is 8.61. The van der Waals surface area contributed by atoms with Crippen molar-refractivity contribution in [2.24, 2.45) is 7.05 Å². The number of para-hydroxylation sites is 2. The van der Waals surface area contributed by atoms with Crippen molar-refractivity contribution in [1.82, 2.24) is 20.1 Å². The number of amides is 1. The Balaban J connectivity index is 1.76. The first-order chi connectivity index (χ1) is 15.5. The average Bonchev–Trinajstić information content (AvgIpc) is 3.33. The Kier molecular flexibility index (Phi) is 5.90. The molecule has 0 spiro atoms. The third kappa shape index (κ3) is 3.70. The fraction of sp³-hybridized carbons (Fsp3) is 0.280. The normalized spacial score (nSPS) is 12.0. The monoisotopic (exact) mass is 432 g/mol. The molecule has 2 heterocycles. The number of aromatic nitrogens is 3. The minimum absolute atomic E-state index is 0.139. The Bertz CT molecular complexity index is 1270. The minimum Gasteiger partial charge on any atom is -0.493 e. The van der Waals surface area contributed by atoms with Gasteiger partial charge in [-0.1, -0.05) is 30.3 Å². The molecular weight excluding hydrogens is 404 g/mol. The Hall–Kier alpha value is -3.74. The van der Waals surface area contributed by atoms with Crippen LogP contribution in [0, 0.1) is 13.8 Å². The van der Waals surface area contributed by atoms with Crippen LogP contribution in [0.1, 0.15) is 38.8 Å². The smallest absolute Gasteiger partial charge is 0.255 e. The van der Waals surface area contributed by atoms with Crippen molar-refractivity contribution in [3.63, 3.8) is 0 Å². The van der Waals surface area contributed by atoms with Gasteiger partial charge in [0, 0.05) is 47.9 Å². The van der Waals surface area contributed by atoms with Gasteiger partial charge in [0.25, 0.3) is 5.91 Å². The van der Waals surface area contributed by atoms with Gasteiger partial charge in [-0.15, -0.1) is 0 Å². The van der Waals surface area contributed by atoms with Gasteiger partial charge in [-0.05, 0) is 31.5 Å². The quantitative estimate of drug-likeness (QED) is 0.461. The average molecular weight is 433 g/mol. The number of hydrogen-bond donors (Lipinski definition) is 2. The van der Waals surface area contributed by atoms with Crippen LogP contribution in [0.4, 0.5) is 0 Å². The molecule has 7 heteroatoms. The summed E-state index contributed by atoms with van der Waals surface area (Å²) < 4.78 is 13.0. The van der Waals surface area contributed by atoms with Crippen LogP contribution in [0.25, 0.3) is 10.9 Å². The number of carbonyl (C=O) groups excluding carboxylic acids is 1. The van der Waals surface area contributed by atoms with Gasteiger partial charge in [0.15, 0.2) is 11.5 Å². The first-order valence-electron chi connectivity index (χ1n) is 10.5. The summed E-state index contributed by atoms with van der Waals surface area (Å²) in [5.41, 5.74) is 5.22. The molecule has 7 nitrogen and oxygen atoms in total. The highest BCUT2D eigenvalue weighted by Crippen LogP contribution is 2.40. The molecule has 0 saturated carbocycles. The van der Waals surface area contributed by atoms with E-state index in [1.54, 1.807) is 18.9 Å². The molecule has 1 unspecified atom stereocenters. The van der Waals surface area contributed by atoms with Gasteiger partial charge in [0.1, 0.15) is 0 Å². The number of methoxy groups -OCH3 is 2. The Labute approximate surface area is 187 Å². The number of benzene rings is 2. The predicted molar refractivity (Wildman–Crippen MR) is 125 cm³/mol. The van der Waals surface area contributed by atoms with Crippen LogP contribution < -0.4 is 14.8 Å². The van der Waals surface area contributed by atoms with E-state index in [-0.39, 0.29) is 11.8 Å². The van der Waals surface area contributed by atoms with Crippen LogP contribution in [0.3, 0.4) is 0 Å². The van der Waals surface area contributed by atoms with E-state index >= 15 is 0 Å². The highest BCUT2D eigenvalue weighted by molar-refractivity contribution is 5.96. The number of ether oxygens (including phenoxy) is 2. The van der Waals surface area contributed by atoms with Crippen LogP contribution in [-0.2, 0) is 7.05 Å². The van der Waals surface area contributed by atoms with Gasteiger partial charge in [0.2, 0.25) is 0 Å². The van der Waals surface area contributed by atoms with Crippen LogP contribution in [0.5, 0.6) is 11.5 Å². The zero-order chi connectivity index (χ0) is 22.8. The molecule has 0 aliphatic rings. The van der Waals surface area contributed by atoms with Crippen molar-refractivity contribution >= 4 is 16.8 Å². The number of aromatic amines is 1. The highest BCUT2D eigenvalue weighted by atomic mass is 16.5. The Morgan fingerprint density at radius 2 is 1.88 bits per heavy atom. The fourth-order valence-electron chi connectivity index (χ4n) is 4.34. The molecule has 1 atom stereocenters. The Morgan fingerprint density at radius 3 is 2.56 bits per heavy atom. The number of rotatable bonds is 7. The second-order valence-electron chi connectivity index (χ2n) is 7.80. The number of fused-ring (bicyclic) bond motifs is 1. The third-order valence-electron chi connectivity index (χ3n) is 6.01. The standard InChI is InChI=1S/C25H28N4O3/c1-15-23(16(2)29(3)28-15)25(30)27-14-20(18-10-8-12-22(31-4)24(18)32-5)19-13-26-21-11-7-6-9-17(19)21/h6-13,20,26H,14H2,1-5H3,(H,27,30). The number of hydrogen-bond acceptors (Lipinski definition) is 4. The van der Waals surface area contributed by atoms with Gasteiger partial charge >= 0.3 is 0 Å². The first kappa shape index (κ1) is 21.5. The van der Waals surface area contributed by atoms with Crippen molar-refractivity contribution in [1.29, 1.82) is 0 Å². The van der Waals surface area contributed by atoms with E-state index in [2.05, 4.69) is 21.5 Å². The maximum Gasteiger partial charge on any atom is 0.255 e. The number of aryl methyl sites for hydroxylation is 2. The third-order valence-corrected chi connectivity index (χ3v) is 6.01. The van der Waals surface area contributed by atoms with Crippen LogP contribution in [0.15, 0.2) is 48.7 Å². The molecule has 32 heavy (non-hydrogen) atoms. The summed E-state index contributed by atoms with van der Waals surface area (Å²) in [7, 11) is 5.10. The van der Waals surface area contributed by atoms with Crippen LogP contribution >= 0.6 is 0 Å². The minimum atomic E-state index is -0.155. The predicted octanol–water partition coefficient (Wildman–Crippen LogP) is 4.10. The molecule has 0 fully saturated rings. The molecule has 1 amide bonds. The second-order valence-corrected chi connectivity index (χ2v) is 7.80. The maximum absolute atomic E-state index is 13.1. The molecular formula is C25H28N4O3. The second kappa shape index (κ2) is 8.78. The number of H-pyrrole nitrogens is 1. The molecule has 2 aromatic carbocycles. The van der Waals surface area contributed by atoms with Gasteiger partial charge in [-0.2, -0.15) is 5.10 Å². The lowest BCUT2D eigenvalue weighted by Crippen LogP contribution is -2.30. The van der Waals surface area contributed by atoms with E-state index in [0.717, 1.165) is 27.7 Å². The lowest BCUT2D eigenvalue weighted by Gasteiger charge is -2.22. The van der Waals surface area contributed by atoms with E-state index in [4.69, 9.17) is 9.47 Å². The maximum atomic E-state index is 13.1. The van der Waals surface area contributed by atoms with Gasteiger partial charge in [0.05, 0.1) is 25.5 Å². The molecule has 0 radical (unpaired) electrons. The summed E-state index contributed by atoms with van der Waals surface area (Å²) in [5.74, 6) is 1.02. The highest BCUT2D eigenvalue weighted by Gasteiger charge is 2.25. The Morgan fingerprint density at radius 1 is 1.09 bits per heavy atom. The lowest BCUT2D eigenvalue weighted by atomic mass is 9.89. The zero-order valence-electron chi connectivity index (χ0n) is 19.0. The van der Waals surface area contributed by atoms with E-state index in [0.29, 0.717) is 29.3 Å². The van der Waals surface area contributed by atoms with E-state index < -0.39 is 0 Å². The van der Waals surface area contributed by atoms with E-state index in [9.17, 15) is 4.79 Å². The molecule has 2 aromatic heterocycles. The number of carbonyl (C=O) groups is 1. The van der Waals surface area contributed by atoms with Gasteiger partial charge in [-0.25, -0.2) is 0 Å². The zero-order valence-corrected chi connectivity index (χ0v) is 19.0. The first-order valence-corrected chi connectivity index (χ1v) is 10.5. The summed E-state index contributed by atoms with van der Waals surface area (Å²) in [6, 6.07) is 14.0. The molecule has 0 aliphatic carbocycles. The largest absolute Gasteiger partial charge is 0.493 e. The van der Waals surface area contributed by atoms with Crippen LogP contribution in [0.2, 0.25) is 0 Å². The van der Waals surface area contributed by atoms with Crippen molar-refractivity contribution < 1.29 is 14.3 Å². The van der Waals surface area contributed by atoms with Crippen molar-refractivity contribution in [3.05, 3.63) is 76.7 Å². The molecule has 0 aliphatic heterocycles. The molecule has 4 aromatic rings. The van der Waals surface area contributed by atoms with Crippen molar-refractivity contribution in [3.8, 4) is 11.5 Å². The molecule has 2 N–H and O–H groups in total.